The van der Waals surface area contributed by atoms with Crippen LogP contribution in [0.3, 0.4) is 0 Å². The van der Waals surface area contributed by atoms with Crippen molar-refractivity contribution in [2.75, 3.05) is 9.62 Å². The van der Waals surface area contributed by atoms with Crippen molar-refractivity contribution in [2.24, 2.45) is 0 Å². The molecule has 5 aromatic carbocycles. The third-order valence-electron chi connectivity index (χ3n) is 10.9. The first-order valence-corrected chi connectivity index (χ1v) is 18.3. The van der Waals surface area contributed by atoms with Crippen LogP contribution in [-0.2, 0) is 5.41 Å². The maximum atomic E-state index is 6.80. The van der Waals surface area contributed by atoms with Crippen molar-refractivity contribution in [3.63, 3.8) is 0 Å². The topological polar surface area (TPSA) is 46.4 Å². The number of benzene rings is 5. The largest absolute Gasteiger partial charge is 0.457 e. The fourth-order valence-corrected chi connectivity index (χ4v) is 8.45. The zero-order valence-corrected chi connectivity index (χ0v) is 30.5. The number of hydrogen-bond acceptors (Lipinski definition) is 5. The summed E-state index contributed by atoms with van der Waals surface area (Å²) in [6.07, 6.45) is 3.81. The van der Waals surface area contributed by atoms with Crippen molar-refractivity contribution in [3.05, 3.63) is 156 Å². The van der Waals surface area contributed by atoms with Crippen LogP contribution < -0.4 is 19.8 Å². The summed E-state index contributed by atoms with van der Waals surface area (Å²) in [6.45, 7) is 11.0. The van der Waals surface area contributed by atoms with E-state index in [1.165, 1.54) is 38.8 Å². The van der Waals surface area contributed by atoms with Gasteiger partial charge in [0.1, 0.15) is 23.1 Å². The zero-order valence-electron chi connectivity index (χ0n) is 30.5. The van der Waals surface area contributed by atoms with Crippen LogP contribution in [0.1, 0.15) is 37.5 Å². The summed E-state index contributed by atoms with van der Waals surface area (Å²) in [5, 5.41) is 2.34. The fourth-order valence-electron chi connectivity index (χ4n) is 8.45. The van der Waals surface area contributed by atoms with E-state index in [1.54, 1.807) is 0 Å². The molecule has 8 aromatic rings. The van der Waals surface area contributed by atoms with E-state index >= 15 is 0 Å². The summed E-state index contributed by atoms with van der Waals surface area (Å²) in [4.78, 5) is 14.8. The highest BCUT2D eigenvalue weighted by Gasteiger charge is 2.49. The Hall–Kier alpha value is -6.34. The molecular weight excluding hydrogens is 649 g/mol. The van der Waals surface area contributed by atoms with Crippen LogP contribution in [0.25, 0.3) is 38.8 Å². The minimum atomic E-state index is -0.109. The van der Waals surface area contributed by atoms with Gasteiger partial charge < -0.3 is 14.4 Å². The highest BCUT2D eigenvalue weighted by molar-refractivity contribution is 6.86. The number of ether oxygens (including phenoxy) is 1. The second kappa shape index (κ2) is 11.6. The van der Waals surface area contributed by atoms with Crippen molar-refractivity contribution in [3.8, 4) is 28.4 Å². The van der Waals surface area contributed by atoms with Crippen molar-refractivity contribution in [1.82, 2.24) is 14.5 Å². The van der Waals surface area contributed by atoms with Crippen LogP contribution in [0, 0.1) is 13.8 Å². The molecule has 10 rings (SSSR count). The molecule has 0 bridgehead atoms. The lowest BCUT2D eigenvalue weighted by Crippen LogP contribution is -2.56. The van der Waals surface area contributed by atoms with E-state index in [2.05, 4.69) is 170 Å². The van der Waals surface area contributed by atoms with E-state index in [0.717, 1.165) is 56.5 Å². The second-order valence-electron chi connectivity index (χ2n) is 15.3. The quantitative estimate of drug-likeness (QED) is 0.172. The van der Waals surface area contributed by atoms with Gasteiger partial charge in [0.05, 0.1) is 22.4 Å². The van der Waals surface area contributed by atoms with E-state index in [1.807, 2.05) is 18.5 Å². The first-order valence-electron chi connectivity index (χ1n) is 18.3. The van der Waals surface area contributed by atoms with Crippen LogP contribution in [0.2, 0.25) is 0 Å². The molecule has 53 heavy (non-hydrogen) atoms. The van der Waals surface area contributed by atoms with E-state index in [4.69, 9.17) is 14.7 Å². The third-order valence-corrected chi connectivity index (χ3v) is 10.9. The highest BCUT2D eigenvalue weighted by atomic mass is 16.5. The Labute approximate surface area is 310 Å². The average Bonchev–Trinajstić information content (AvgIpc) is 3.67. The van der Waals surface area contributed by atoms with Gasteiger partial charge in [-0.1, -0.05) is 81.4 Å². The van der Waals surface area contributed by atoms with E-state index in [-0.39, 0.29) is 12.4 Å². The molecule has 0 aliphatic carbocycles. The molecule has 0 saturated carbocycles. The Balaban J connectivity index is 1.12. The van der Waals surface area contributed by atoms with Gasteiger partial charge in [0.2, 0.25) is 0 Å². The van der Waals surface area contributed by atoms with Gasteiger partial charge in [-0.25, -0.2) is 9.97 Å². The molecule has 0 atom stereocenters. The molecule has 0 spiro atoms. The smallest absolute Gasteiger partial charge is 0.422 e. The molecule has 2 aliphatic heterocycles. The number of hydrogen-bond donors (Lipinski definition) is 0. The molecule has 3 aromatic heterocycles. The Bertz CT molecular complexity index is 2740. The van der Waals surface area contributed by atoms with Crippen molar-refractivity contribution in [2.45, 2.75) is 40.0 Å². The molecule has 0 N–H and O–H groups in total. The standard InChI is InChI=1S/C46H38BN5O/c1-29-12-10-13-30(2)44(29)51-40-22-20-33(28-42(40)52-45-37(16-11-24-49-45)34-14-6-8-17-38(34)47(51)52)53-32-19-21-36-35-15-7-9-18-39(35)50(41(36)27-32)43-26-31(23-25-48-43)46(3,4)5/h6-28H,1-5H3. The Morgan fingerprint density at radius 3 is 2.17 bits per heavy atom. The number of rotatable bonds is 4. The maximum Gasteiger partial charge on any atom is 0.422 e. The van der Waals surface area contributed by atoms with Gasteiger partial charge in [-0.3, -0.25) is 4.57 Å². The van der Waals surface area contributed by atoms with E-state index < -0.39 is 0 Å². The van der Waals surface area contributed by atoms with Crippen LogP contribution in [-0.4, -0.2) is 21.5 Å². The zero-order chi connectivity index (χ0) is 36.0. The number of aryl methyl sites for hydroxylation is 2. The SMILES string of the molecule is Cc1cccc(C)c1N1B2c3ccccc3-c3cccnc3N2c2cc(Oc3ccc4c5ccccc5n(-c5cc(C(C)(C)C)ccn5)c4c3)ccc21. The van der Waals surface area contributed by atoms with Gasteiger partial charge in [0.15, 0.2) is 0 Å². The summed E-state index contributed by atoms with van der Waals surface area (Å²) in [6, 6.07) is 45.2. The monoisotopic (exact) mass is 687 g/mol. The molecule has 256 valence electrons. The molecule has 6 nitrogen and oxygen atoms in total. The van der Waals surface area contributed by atoms with Gasteiger partial charge in [-0.2, -0.15) is 0 Å². The van der Waals surface area contributed by atoms with Crippen LogP contribution in [0.4, 0.5) is 22.9 Å². The predicted molar refractivity (Wildman–Crippen MR) is 219 cm³/mol. The Morgan fingerprint density at radius 1 is 0.585 bits per heavy atom. The lowest BCUT2D eigenvalue weighted by molar-refractivity contribution is 0.483. The van der Waals surface area contributed by atoms with E-state index in [0.29, 0.717) is 0 Å². The van der Waals surface area contributed by atoms with Gasteiger partial charge in [0.25, 0.3) is 0 Å². The number of aromatic nitrogens is 3. The highest BCUT2D eigenvalue weighted by Crippen LogP contribution is 2.52. The molecule has 0 saturated heterocycles. The number of fused-ring (bicyclic) bond motifs is 11. The summed E-state index contributed by atoms with van der Waals surface area (Å²) >= 11 is 0. The molecule has 2 aliphatic rings. The van der Waals surface area contributed by atoms with Crippen LogP contribution in [0.5, 0.6) is 11.5 Å². The van der Waals surface area contributed by atoms with Gasteiger partial charge in [-0.05, 0) is 102 Å². The molecule has 0 amide bonds. The molecule has 0 unspecified atom stereocenters. The van der Waals surface area contributed by atoms with Crippen LogP contribution >= 0.6 is 0 Å². The van der Waals surface area contributed by atoms with Gasteiger partial charge in [-0.15, -0.1) is 0 Å². The van der Waals surface area contributed by atoms with Crippen molar-refractivity contribution >= 4 is 57.1 Å². The van der Waals surface area contributed by atoms with Crippen LogP contribution in [0.15, 0.2) is 140 Å². The fraction of sp³-hybridized carbons (Fsp3) is 0.130. The second-order valence-corrected chi connectivity index (χ2v) is 15.3. The first kappa shape index (κ1) is 31.4. The van der Waals surface area contributed by atoms with E-state index in [9.17, 15) is 0 Å². The number of pyridine rings is 2. The minimum Gasteiger partial charge on any atom is -0.457 e. The number of para-hydroxylation sites is 2. The average molecular weight is 688 g/mol. The molecule has 5 heterocycles. The normalized spacial score (nSPS) is 13.3. The lowest BCUT2D eigenvalue weighted by Gasteiger charge is -2.36. The van der Waals surface area contributed by atoms with Crippen molar-refractivity contribution in [1.29, 1.82) is 0 Å². The first-order chi connectivity index (χ1) is 25.8. The molecule has 0 radical (unpaired) electrons. The third kappa shape index (κ3) is 4.80. The summed E-state index contributed by atoms with van der Waals surface area (Å²) in [7, 11) is 0. The minimum absolute atomic E-state index is 0.00273. The summed E-state index contributed by atoms with van der Waals surface area (Å²) < 4.78 is 9.06. The molecular formula is C46H38BN5O. The number of anilines is 4. The Kier molecular flexibility index (Phi) is 6.87. The summed E-state index contributed by atoms with van der Waals surface area (Å²) in [5.74, 6) is 3.36. The number of nitrogens with zero attached hydrogens (tertiary/aromatic N) is 5. The van der Waals surface area contributed by atoms with Gasteiger partial charge in [0, 0.05) is 46.5 Å². The predicted octanol–water partition coefficient (Wildman–Crippen LogP) is 10.9. The molecule has 0 fully saturated rings. The Morgan fingerprint density at radius 2 is 1.32 bits per heavy atom. The maximum absolute atomic E-state index is 6.80. The lowest BCUT2D eigenvalue weighted by atomic mass is 9.59. The van der Waals surface area contributed by atoms with Gasteiger partial charge >= 0.3 is 6.98 Å². The van der Waals surface area contributed by atoms with Crippen molar-refractivity contribution < 1.29 is 4.74 Å². The molecule has 7 heteroatoms. The summed E-state index contributed by atoms with van der Waals surface area (Å²) in [5.41, 5.74) is 12.8.